The Hall–Kier alpha value is -0.660. The van der Waals surface area contributed by atoms with Crippen LogP contribution in [0.25, 0.3) is 0 Å². The summed E-state index contributed by atoms with van der Waals surface area (Å²) in [5, 5.41) is 0.970. The van der Waals surface area contributed by atoms with E-state index < -0.39 is 0 Å². The summed E-state index contributed by atoms with van der Waals surface area (Å²) < 4.78 is 0. The molecular formula is C23H35Cl2N. The number of benzene rings is 1. The second-order valence-corrected chi connectivity index (χ2v) is 8.42. The molecule has 0 spiro atoms. The zero-order valence-corrected chi connectivity index (χ0v) is 17.9. The summed E-state index contributed by atoms with van der Waals surface area (Å²) in [6.07, 6.45) is 14.4. The maximum absolute atomic E-state index is 6.67. The van der Waals surface area contributed by atoms with Gasteiger partial charge in [0.1, 0.15) is 0 Å². The van der Waals surface area contributed by atoms with E-state index >= 15 is 0 Å². The molecule has 0 N–H and O–H groups in total. The Morgan fingerprint density at radius 2 is 1.65 bits per heavy atom. The Morgan fingerprint density at radius 1 is 1.04 bits per heavy atom. The van der Waals surface area contributed by atoms with Crippen molar-refractivity contribution in [3.05, 3.63) is 46.6 Å². The summed E-state index contributed by atoms with van der Waals surface area (Å²) in [4.78, 5) is 2.54. The highest BCUT2D eigenvalue weighted by molar-refractivity contribution is 6.31. The van der Waals surface area contributed by atoms with Gasteiger partial charge in [0.25, 0.3) is 0 Å². The van der Waals surface area contributed by atoms with Gasteiger partial charge in [-0.2, -0.15) is 0 Å². The number of halogens is 2. The van der Waals surface area contributed by atoms with Gasteiger partial charge in [0.15, 0.2) is 0 Å². The monoisotopic (exact) mass is 395 g/mol. The lowest BCUT2D eigenvalue weighted by molar-refractivity contribution is 0.205. The number of likely N-dealkylation sites (N-methyl/N-ethyl adjacent to an activating group) is 1. The van der Waals surface area contributed by atoms with Crippen LogP contribution in [-0.4, -0.2) is 17.5 Å². The zero-order chi connectivity index (χ0) is 17.6. The topological polar surface area (TPSA) is 3.24 Å². The lowest BCUT2D eigenvalue weighted by atomic mass is 9.83. The normalized spacial score (nSPS) is 19.0. The fraction of sp³-hybridized carbons (Fsp3) is 0.652. The third kappa shape index (κ3) is 5.42. The molecule has 1 aromatic rings. The molecule has 0 heterocycles. The fourth-order valence-electron chi connectivity index (χ4n) is 4.90. The molecule has 0 unspecified atom stereocenters. The smallest absolute Gasteiger partial charge is 0.0443 e. The highest BCUT2D eigenvalue weighted by atomic mass is 35.5. The summed E-state index contributed by atoms with van der Waals surface area (Å²) in [7, 11) is 0. The second kappa shape index (κ2) is 10.6. The van der Waals surface area contributed by atoms with E-state index in [-0.39, 0.29) is 12.4 Å². The quantitative estimate of drug-likeness (QED) is 0.481. The number of rotatable bonds is 6. The minimum atomic E-state index is 0. The van der Waals surface area contributed by atoms with Crippen molar-refractivity contribution in [1.29, 1.82) is 0 Å². The lowest BCUT2D eigenvalue weighted by Gasteiger charge is -2.36. The van der Waals surface area contributed by atoms with E-state index in [0.717, 1.165) is 18.0 Å². The van der Waals surface area contributed by atoms with E-state index in [4.69, 9.17) is 11.6 Å². The standard InChI is InChI=1S/C23H34ClN.ClH/c1-3-25(21-12-8-5-9-13-21)18(2)16-19-14-15-22(23(24)17-19)20-10-6-4-7-11-20;/h14-15,17,20-21H,2-13,16H2,1H3;1H. The first-order chi connectivity index (χ1) is 12.2. The van der Waals surface area contributed by atoms with Crippen molar-refractivity contribution in [2.45, 2.75) is 89.5 Å². The van der Waals surface area contributed by atoms with Gasteiger partial charge in [-0.1, -0.05) is 68.8 Å². The van der Waals surface area contributed by atoms with Gasteiger partial charge in [-0.05, 0) is 55.7 Å². The van der Waals surface area contributed by atoms with Crippen LogP contribution in [0.4, 0.5) is 0 Å². The summed E-state index contributed by atoms with van der Waals surface area (Å²) in [6.45, 7) is 7.75. The maximum Gasteiger partial charge on any atom is 0.0443 e. The molecular weight excluding hydrogens is 361 g/mol. The highest BCUT2D eigenvalue weighted by Crippen LogP contribution is 2.37. The average Bonchev–Trinajstić information content (AvgIpc) is 2.64. The third-order valence-electron chi connectivity index (χ3n) is 6.28. The summed E-state index contributed by atoms with van der Waals surface area (Å²) >= 11 is 6.67. The van der Waals surface area contributed by atoms with Crippen molar-refractivity contribution in [3.8, 4) is 0 Å². The molecule has 0 bridgehead atoms. The molecule has 0 saturated heterocycles. The molecule has 0 radical (unpaired) electrons. The van der Waals surface area contributed by atoms with Gasteiger partial charge >= 0.3 is 0 Å². The van der Waals surface area contributed by atoms with E-state index in [1.165, 1.54) is 81.0 Å². The van der Waals surface area contributed by atoms with Crippen molar-refractivity contribution in [2.75, 3.05) is 6.54 Å². The first kappa shape index (κ1) is 21.6. The Balaban J connectivity index is 0.00000243. The van der Waals surface area contributed by atoms with Crippen LogP contribution in [-0.2, 0) is 6.42 Å². The first-order valence-corrected chi connectivity index (χ1v) is 10.8. The van der Waals surface area contributed by atoms with Crippen molar-refractivity contribution in [3.63, 3.8) is 0 Å². The summed E-state index contributed by atoms with van der Waals surface area (Å²) in [5.74, 6) is 0.674. The molecule has 0 aliphatic heterocycles. The Kier molecular flexibility index (Phi) is 8.84. The van der Waals surface area contributed by atoms with Crippen molar-refractivity contribution < 1.29 is 0 Å². The van der Waals surface area contributed by atoms with Gasteiger partial charge in [-0.3, -0.25) is 0 Å². The van der Waals surface area contributed by atoms with Gasteiger partial charge in [0.2, 0.25) is 0 Å². The number of nitrogens with zero attached hydrogens (tertiary/aromatic N) is 1. The van der Waals surface area contributed by atoms with Crippen molar-refractivity contribution >= 4 is 24.0 Å². The second-order valence-electron chi connectivity index (χ2n) is 8.01. The van der Waals surface area contributed by atoms with E-state index in [9.17, 15) is 0 Å². The van der Waals surface area contributed by atoms with Crippen LogP contribution in [0.2, 0.25) is 5.02 Å². The van der Waals surface area contributed by atoms with Crippen molar-refractivity contribution in [2.24, 2.45) is 0 Å². The minimum absolute atomic E-state index is 0. The Bertz CT molecular complexity index is 572. The predicted molar refractivity (Wildman–Crippen MR) is 117 cm³/mol. The van der Waals surface area contributed by atoms with Crippen molar-refractivity contribution in [1.82, 2.24) is 4.90 Å². The fourth-order valence-corrected chi connectivity index (χ4v) is 5.25. The number of allylic oxidation sites excluding steroid dienone is 1. The molecule has 146 valence electrons. The predicted octanol–water partition coefficient (Wildman–Crippen LogP) is 7.52. The molecule has 0 aromatic heterocycles. The SMILES string of the molecule is C=C(Cc1ccc(C2CCCCC2)c(Cl)c1)N(CC)C1CCCCC1.Cl. The van der Waals surface area contributed by atoms with Gasteiger partial charge < -0.3 is 4.90 Å². The highest BCUT2D eigenvalue weighted by Gasteiger charge is 2.22. The van der Waals surface area contributed by atoms with Gasteiger partial charge in [-0.15, -0.1) is 12.4 Å². The lowest BCUT2D eigenvalue weighted by Crippen LogP contribution is -2.36. The average molecular weight is 396 g/mol. The molecule has 26 heavy (non-hydrogen) atoms. The summed E-state index contributed by atoms with van der Waals surface area (Å²) in [5.41, 5.74) is 3.94. The molecule has 1 nitrogen and oxygen atoms in total. The Morgan fingerprint density at radius 3 is 2.23 bits per heavy atom. The molecule has 2 saturated carbocycles. The maximum atomic E-state index is 6.67. The molecule has 0 atom stereocenters. The molecule has 2 fully saturated rings. The third-order valence-corrected chi connectivity index (χ3v) is 6.61. The minimum Gasteiger partial charge on any atom is -0.372 e. The molecule has 1 aromatic carbocycles. The molecule has 0 amide bonds. The van der Waals surface area contributed by atoms with Crippen LogP contribution < -0.4 is 0 Å². The molecule has 3 heteroatoms. The zero-order valence-electron chi connectivity index (χ0n) is 16.3. The summed E-state index contributed by atoms with van der Waals surface area (Å²) in [6, 6.07) is 7.47. The Labute approximate surface area is 171 Å². The van der Waals surface area contributed by atoms with Gasteiger partial charge in [0, 0.05) is 29.7 Å². The molecule has 2 aliphatic rings. The van der Waals surface area contributed by atoms with E-state index in [1.807, 2.05) is 0 Å². The number of hydrogen-bond acceptors (Lipinski definition) is 1. The van der Waals surface area contributed by atoms with E-state index in [0.29, 0.717) is 12.0 Å². The largest absolute Gasteiger partial charge is 0.372 e. The van der Waals surface area contributed by atoms with Crippen LogP contribution in [0.3, 0.4) is 0 Å². The van der Waals surface area contributed by atoms with Crippen LogP contribution >= 0.6 is 24.0 Å². The van der Waals surface area contributed by atoms with Gasteiger partial charge in [0.05, 0.1) is 0 Å². The molecule has 2 aliphatic carbocycles. The van der Waals surface area contributed by atoms with Crippen LogP contribution in [0, 0.1) is 0 Å². The van der Waals surface area contributed by atoms with E-state index in [1.54, 1.807) is 0 Å². The van der Waals surface area contributed by atoms with Gasteiger partial charge in [-0.25, -0.2) is 0 Å². The van der Waals surface area contributed by atoms with E-state index in [2.05, 4.69) is 36.6 Å². The van der Waals surface area contributed by atoms with Crippen LogP contribution in [0.15, 0.2) is 30.5 Å². The van der Waals surface area contributed by atoms with Crippen LogP contribution in [0.1, 0.15) is 88.2 Å². The number of hydrogen-bond donors (Lipinski definition) is 0. The molecule has 3 rings (SSSR count). The van der Waals surface area contributed by atoms with Crippen LogP contribution in [0.5, 0.6) is 0 Å². The first-order valence-electron chi connectivity index (χ1n) is 10.4.